The minimum absolute atomic E-state index is 0.373. The molecule has 0 heterocycles. The maximum atomic E-state index is 9.21. The van der Waals surface area contributed by atoms with Crippen molar-refractivity contribution in [2.45, 2.75) is 13.0 Å². The van der Waals surface area contributed by atoms with Gasteiger partial charge in [-0.15, -0.1) is 0 Å². The van der Waals surface area contributed by atoms with Gasteiger partial charge in [-0.2, -0.15) is 11.8 Å². The molecule has 0 amide bonds. The lowest BCUT2D eigenvalue weighted by molar-refractivity contribution is 0.0650. The van der Waals surface area contributed by atoms with Crippen LogP contribution in [0.25, 0.3) is 0 Å². The van der Waals surface area contributed by atoms with Crippen LogP contribution in [0, 0.1) is 0 Å². The molecule has 0 saturated heterocycles. The highest BCUT2D eigenvalue weighted by Crippen LogP contribution is 1.94. The third kappa shape index (κ3) is 8.33. The van der Waals surface area contributed by atoms with E-state index in [1.165, 1.54) is 0 Å². The van der Waals surface area contributed by atoms with Gasteiger partial charge in [-0.05, 0) is 5.75 Å². The molecule has 0 aliphatic rings. The molecule has 74 valence electrons. The second kappa shape index (κ2) is 9.32. The van der Waals surface area contributed by atoms with Crippen molar-refractivity contribution >= 4 is 11.8 Å². The summed E-state index contributed by atoms with van der Waals surface area (Å²) in [6.07, 6.45) is -0.373. The van der Waals surface area contributed by atoms with Crippen molar-refractivity contribution in [3.8, 4) is 0 Å². The Balaban J connectivity index is 2.97. The first-order chi connectivity index (χ1) is 5.81. The Kier molecular flexibility index (Phi) is 9.50. The average molecular weight is 193 g/mol. The van der Waals surface area contributed by atoms with Crippen LogP contribution in [0.3, 0.4) is 0 Å². The number of ether oxygens (including phenoxy) is 1. The van der Waals surface area contributed by atoms with Gasteiger partial charge in [-0.3, -0.25) is 0 Å². The molecule has 0 saturated carbocycles. The first-order valence-electron chi connectivity index (χ1n) is 4.26. The lowest BCUT2D eigenvalue weighted by atomic mass is 10.4. The van der Waals surface area contributed by atoms with Crippen LogP contribution in [-0.4, -0.2) is 49.5 Å². The molecule has 0 aromatic carbocycles. The number of methoxy groups -OCH3 is 1. The van der Waals surface area contributed by atoms with Gasteiger partial charge in [-0.1, -0.05) is 6.92 Å². The van der Waals surface area contributed by atoms with Gasteiger partial charge in [0.05, 0.1) is 12.7 Å². The van der Waals surface area contributed by atoms with Gasteiger partial charge in [0.15, 0.2) is 0 Å². The molecule has 0 bridgehead atoms. The van der Waals surface area contributed by atoms with Crippen molar-refractivity contribution in [1.82, 2.24) is 5.32 Å². The van der Waals surface area contributed by atoms with Crippen LogP contribution in [-0.2, 0) is 4.74 Å². The molecule has 1 atom stereocenters. The molecular weight excluding hydrogens is 174 g/mol. The van der Waals surface area contributed by atoms with Crippen LogP contribution in [0.1, 0.15) is 6.92 Å². The molecule has 3 nitrogen and oxygen atoms in total. The van der Waals surface area contributed by atoms with E-state index in [4.69, 9.17) is 4.74 Å². The summed E-state index contributed by atoms with van der Waals surface area (Å²) >= 11 is 1.90. The normalized spacial score (nSPS) is 13.2. The summed E-state index contributed by atoms with van der Waals surface area (Å²) < 4.78 is 4.79. The second-order valence-corrected chi connectivity index (χ2v) is 3.90. The van der Waals surface area contributed by atoms with Crippen molar-refractivity contribution in [3.63, 3.8) is 0 Å². The van der Waals surface area contributed by atoms with Crippen LogP contribution in [0.4, 0.5) is 0 Å². The number of hydrogen-bond acceptors (Lipinski definition) is 4. The van der Waals surface area contributed by atoms with E-state index in [2.05, 4.69) is 12.2 Å². The quantitative estimate of drug-likeness (QED) is 0.545. The summed E-state index contributed by atoms with van der Waals surface area (Å²) in [6, 6.07) is 0. The zero-order valence-electron chi connectivity index (χ0n) is 7.88. The van der Waals surface area contributed by atoms with Gasteiger partial charge < -0.3 is 15.2 Å². The van der Waals surface area contributed by atoms with Crippen molar-refractivity contribution in [1.29, 1.82) is 0 Å². The Labute approximate surface area is 78.9 Å². The summed E-state index contributed by atoms with van der Waals surface area (Å²) in [5, 5.41) is 12.4. The molecule has 2 N–H and O–H groups in total. The molecular formula is C8H19NO2S. The molecule has 0 aromatic heterocycles. The van der Waals surface area contributed by atoms with E-state index in [0.29, 0.717) is 13.2 Å². The van der Waals surface area contributed by atoms with Crippen molar-refractivity contribution in [3.05, 3.63) is 0 Å². The van der Waals surface area contributed by atoms with E-state index in [9.17, 15) is 5.11 Å². The average Bonchev–Trinajstić information content (AvgIpc) is 2.05. The van der Waals surface area contributed by atoms with Crippen LogP contribution >= 0.6 is 11.8 Å². The molecule has 1 unspecified atom stereocenters. The zero-order chi connectivity index (χ0) is 9.23. The molecule has 0 rings (SSSR count). The van der Waals surface area contributed by atoms with Crippen molar-refractivity contribution in [2.75, 3.05) is 38.3 Å². The molecule has 0 aromatic rings. The Morgan fingerprint density at radius 1 is 1.58 bits per heavy atom. The molecule has 0 aliphatic carbocycles. The van der Waals surface area contributed by atoms with E-state index in [1.807, 2.05) is 11.8 Å². The van der Waals surface area contributed by atoms with E-state index in [-0.39, 0.29) is 6.10 Å². The number of hydrogen-bond donors (Lipinski definition) is 2. The standard InChI is InChI=1S/C8H19NO2S/c1-3-12-5-4-9-6-8(10)7-11-2/h8-10H,3-7H2,1-2H3. The van der Waals surface area contributed by atoms with Gasteiger partial charge >= 0.3 is 0 Å². The Bertz CT molecular complexity index is 93.1. The number of nitrogens with one attached hydrogen (secondary N) is 1. The number of rotatable bonds is 8. The highest BCUT2D eigenvalue weighted by atomic mass is 32.2. The van der Waals surface area contributed by atoms with Gasteiger partial charge in [-0.25, -0.2) is 0 Å². The predicted molar refractivity (Wildman–Crippen MR) is 53.8 cm³/mol. The van der Waals surface area contributed by atoms with E-state index in [1.54, 1.807) is 7.11 Å². The topological polar surface area (TPSA) is 41.5 Å². The van der Waals surface area contributed by atoms with Crippen LogP contribution in [0.5, 0.6) is 0 Å². The van der Waals surface area contributed by atoms with Crippen LogP contribution < -0.4 is 5.32 Å². The highest BCUT2D eigenvalue weighted by molar-refractivity contribution is 7.99. The largest absolute Gasteiger partial charge is 0.389 e. The fraction of sp³-hybridized carbons (Fsp3) is 1.00. The molecule has 0 aliphatic heterocycles. The summed E-state index contributed by atoms with van der Waals surface area (Å²) in [7, 11) is 1.59. The van der Waals surface area contributed by atoms with Gasteiger partial charge in [0.1, 0.15) is 0 Å². The monoisotopic (exact) mass is 193 g/mol. The van der Waals surface area contributed by atoms with Crippen molar-refractivity contribution < 1.29 is 9.84 Å². The third-order valence-corrected chi connectivity index (χ3v) is 2.27. The summed E-state index contributed by atoms with van der Waals surface area (Å²) in [5.41, 5.74) is 0. The summed E-state index contributed by atoms with van der Waals surface area (Å²) in [4.78, 5) is 0. The fourth-order valence-corrected chi connectivity index (χ4v) is 1.39. The number of aliphatic hydroxyl groups excluding tert-OH is 1. The predicted octanol–water partition coefficient (Wildman–Crippen LogP) is 0.336. The fourth-order valence-electron chi connectivity index (χ4n) is 0.809. The SMILES string of the molecule is CCSCCNCC(O)COC. The van der Waals surface area contributed by atoms with E-state index < -0.39 is 0 Å². The minimum atomic E-state index is -0.373. The summed E-state index contributed by atoms with van der Waals surface area (Å²) in [6.45, 7) is 4.13. The van der Waals surface area contributed by atoms with E-state index in [0.717, 1.165) is 18.1 Å². The van der Waals surface area contributed by atoms with Crippen LogP contribution in [0.2, 0.25) is 0 Å². The number of aliphatic hydroxyl groups is 1. The lowest BCUT2D eigenvalue weighted by Gasteiger charge is -2.09. The van der Waals surface area contributed by atoms with Gasteiger partial charge in [0, 0.05) is 26.0 Å². The Hall–Kier alpha value is 0.230. The highest BCUT2D eigenvalue weighted by Gasteiger charge is 2.00. The third-order valence-electron chi connectivity index (χ3n) is 1.37. The second-order valence-electron chi connectivity index (χ2n) is 2.51. The molecule has 0 radical (unpaired) electrons. The smallest absolute Gasteiger partial charge is 0.0897 e. The maximum Gasteiger partial charge on any atom is 0.0897 e. The maximum absolute atomic E-state index is 9.21. The Morgan fingerprint density at radius 3 is 2.92 bits per heavy atom. The Morgan fingerprint density at radius 2 is 2.33 bits per heavy atom. The van der Waals surface area contributed by atoms with Gasteiger partial charge in [0.2, 0.25) is 0 Å². The lowest BCUT2D eigenvalue weighted by Crippen LogP contribution is -2.31. The molecule has 4 heteroatoms. The first-order valence-corrected chi connectivity index (χ1v) is 5.42. The minimum Gasteiger partial charge on any atom is -0.389 e. The van der Waals surface area contributed by atoms with E-state index >= 15 is 0 Å². The molecule has 0 fully saturated rings. The summed E-state index contributed by atoms with van der Waals surface area (Å²) in [5.74, 6) is 2.26. The molecule has 0 spiro atoms. The molecule has 12 heavy (non-hydrogen) atoms. The zero-order valence-corrected chi connectivity index (χ0v) is 8.69. The van der Waals surface area contributed by atoms with Crippen molar-refractivity contribution in [2.24, 2.45) is 0 Å². The van der Waals surface area contributed by atoms with Crippen LogP contribution in [0.15, 0.2) is 0 Å². The first kappa shape index (κ1) is 12.2. The number of thioether (sulfide) groups is 1. The van der Waals surface area contributed by atoms with Gasteiger partial charge in [0.25, 0.3) is 0 Å².